The molecule has 7 heteroatoms. The van der Waals surface area contributed by atoms with Crippen LogP contribution in [0.3, 0.4) is 0 Å². The van der Waals surface area contributed by atoms with Gasteiger partial charge in [0, 0.05) is 30.4 Å². The van der Waals surface area contributed by atoms with Gasteiger partial charge < -0.3 is 10.2 Å². The largest absolute Gasteiger partial charge is 0.349 e. The first-order valence-electron chi connectivity index (χ1n) is 8.20. The fraction of sp³-hybridized carbons (Fsp3) is 0.389. The predicted molar refractivity (Wildman–Crippen MR) is 94.1 cm³/mol. The van der Waals surface area contributed by atoms with Gasteiger partial charge in [-0.1, -0.05) is 0 Å². The fourth-order valence-corrected chi connectivity index (χ4v) is 3.75. The average Bonchev–Trinajstić information content (AvgIpc) is 3.06. The van der Waals surface area contributed by atoms with Crippen molar-refractivity contribution in [2.24, 2.45) is 0 Å². The Hall–Kier alpha value is -2.28. The Balaban J connectivity index is 1.64. The van der Waals surface area contributed by atoms with Crippen molar-refractivity contribution >= 4 is 23.2 Å². The average molecular weight is 361 g/mol. The molecule has 5 nitrogen and oxygen atoms in total. The quantitative estimate of drug-likeness (QED) is 0.911. The van der Waals surface area contributed by atoms with E-state index >= 15 is 4.39 Å². The van der Waals surface area contributed by atoms with Crippen molar-refractivity contribution in [3.63, 3.8) is 0 Å². The number of thiophene rings is 1. The Morgan fingerprint density at radius 1 is 1.32 bits per heavy atom. The van der Waals surface area contributed by atoms with Crippen LogP contribution in [0, 0.1) is 6.92 Å². The second-order valence-electron chi connectivity index (χ2n) is 6.24. The van der Waals surface area contributed by atoms with Gasteiger partial charge in [-0.2, -0.15) is 0 Å². The highest BCUT2D eigenvalue weighted by Gasteiger charge is 2.44. The zero-order valence-electron chi connectivity index (χ0n) is 14.0. The van der Waals surface area contributed by atoms with Crippen molar-refractivity contribution in [3.8, 4) is 0 Å². The molecule has 1 aliphatic rings. The summed E-state index contributed by atoms with van der Waals surface area (Å²) in [7, 11) is 0. The van der Waals surface area contributed by atoms with Crippen LogP contribution in [-0.4, -0.2) is 40.5 Å². The van der Waals surface area contributed by atoms with Gasteiger partial charge in [-0.15, -0.1) is 11.3 Å². The van der Waals surface area contributed by atoms with Crippen LogP contribution < -0.4 is 5.32 Å². The van der Waals surface area contributed by atoms with Crippen molar-refractivity contribution < 1.29 is 14.0 Å². The third kappa shape index (κ3) is 4.04. The second-order valence-corrected chi connectivity index (χ2v) is 7.53. The smallest absolute Gasteiger partial charge is 0.264 e. The van der Waals surface area contributed by atoms with E-state index in [0.29, 0.717) is 17.8 Å². The number of hydrogen-bond donors (Lipinski definition) is 1. The number of aryl methyl sites for hydroxylation is 1. The molecule has 3 rings (SSSR count). The molecule has 2 aromatic rings. The molecule has 1 unspecified atom stereocenters. The van der Waals surface area contributed by atoms with Crippen LogP contribution in [0.15, 0.2) is 36.7 Å². The molecule has 0 bridgehead atoms. The predicted octanol–water partition coefficient (Wildman–Crippen LogP) is 2.71. The normalized spacial score (nSPS) is 20.3. The number of carbonyl (C=O) groups is 2. The number of pyridine rings is 1. The number of carbonyl (C=O) groups excluding carboxylic acids is 2. The maximum Gasteiger partial charge on any atom is 0.264 e. The van der Waals surface area contributed by atoms with E-state index in [1.54, 1.807) is 30.6 Å². The molecular formula is C18H20FN3O2S. The summed E-state index contributed by atoms with van der Waals surface area (Å²) in [5.41, 5.74) is -1.20. The Bertz CT molecular complexity index is 765. The van der Waals surface area contributed by atoms with E-state index in [2.05, 4.69) is 10.3 Å². The summed E-state index contributed by atoms with van der Waals surface area (Å²) < 4.78 is 15.2. The lowest BCUT2D eigenvalue weighted by Gasteiger charge is -2.36. The third-order valence-corrected chi connectivity index (χ3v) is 5.28. The number of likely N-dealkylation sites (tertiary alicyclic amines) is 1. The Morgan fingerprint density at radius 2 is 2.08 bits per heavy atom. The lowest BCUT2D eigenvalue weighted by molar-refractivity contribution is -0.136. The van der Waals surface area contributed by atoms with Gasteiger partial charge in [0.05, 0.1) is 11.4 Å². The number of rotatable bonds is 4. The Morgan fingerprint density at radius 3 is 2.76 bits per heavy atom. The minimum atomic E-state index is -2.05. The fourth-order valence-electron chi connectivity index (χ4n) is 2.92. The summed E-state index contributed by atoms with van der Waals surface area (Å²) in [5.74, 6) is -0.870. The summed E-state index contributed by atoms with van der Waals surface area (Å²) in [6.45, 7) is 2.43. The van der Waals surface area contributed by atoms with Gasteiger partial charge in [-0.25, -0.2) is 4.39 Å². The number of piperidine rings is 1. The summed E-state index contributed by atoms with van der Waals surface area (Å²) >= 11 is 1.39. The first-order chi connectivity index (χ1) is 12.0. The molecule has 1 saturated heterocycles. The van der Waals surface area contributed by atoms with Crippen molar-refractivity contribution in [2.45, 2.75) is 32.0 Å². The van der Waals surface area contributed by atoms with Gasteiger partial charge in [0.25, 0.3) is 11.8 Å². The highest BCUT2D eigenvalue weighted by Crippen LogP contribution is 2.28. The second kappa shape index (κ2) is 7.31. The minimum absolute atomic E-state index is 0.127. The third-order valence-electron chi connectivity index (χ3n) is 4.29. The van der Waals surface area contributed by atoms with E-state index in [-0.39, 0.29) is 25.4 Å². The van der Waals surface area contributed by atoms with Gasteiger partial charge >= 0.3 is 0 Å². The number of halogens is 1. The van der Waals surface area contributed by atoms with E-state index in [4.69, 9.17) is 0 Å². The molecule has 0 aliphatic carbocycles. The zero-order chi connectivity index (χ0) is 17.9. The van der Waals surface area contributed by atoms with Crippen molar-refractivity contribution in [3.05, 3.63) is 52.0 Å². The molecule has 132 valence electrons. The van der Waals surface area contributed by atoms with Crippen LogP contribution in [0.2, 0.25) is 0 Å². The summed E-state index contributed by atoms with van der Waals surface area (Å²) in [5, 5.41) is 2.64. The molecule has 2 amide bonds. The van der Waals surface area contributed by atoms with E-state index in [1.807, 2.05) is 13.0 Å². The van der Waals surface area contributed by atoms with Crippen LogP contribution in [0.4, 0.5) is 4.39 Å². The van der Waals surface area contributed by atoms with E-state index < -0.39 is 11.6 Å². The van der Waals surface area contributed by atoms with Gasteiger partial charge in [0.15, 0.2) is 0 Å². The zero-order valence-corrected chi connectivity index (χ0v) is 14.8. The molecule has 1 atom stereocenters. The highest BCUT2D eigenvalue weighted by molar-refractivity contribution is 7.13. The minimum Gasteiger partial charge on any atom is -0.349 e. The van der Waals surface area contributed by atoms with Crippen LogP contribution >= 0.6 is 11.3 Å². The van der Waals surface area contributed by atoms with E-state index in [1.165, 1.54) is 16.2 Å². The monoisotopic (exact) mass is 361 g/mol. The van der Waals surface area contributed by atoms with Gasteiger partial charge in [-0.3, -0.25) is 14.6 Å². The van der Waals surface area contributed by atoms with Gasteiger partial charge in [0.2, 0.25) is 5.67 Å². The maximum absolute atomic E-state index is 15.2. The first-order valence-corrected chi connectivity index (χ1v) is 9.01. The summed E-state index contributed by atoms with van der Waals surface area (Å²) in [6, 6.07) is 7.15. The van der Waals surface area contributed by atoms with Gasteiger partial charge in [0.1, 0.15) is 0 Å². The number of amides is 2. The highest BCUT2D eigenvalue weighted by atomic mass is 32.1. The molecule has 0 aromatic carbocycles. The van der Waals surface area contributed by atoms with Crippen LogP contribution in [0.1, 0.15) is 33.0 Å². The molecule has 0 radical (unpaired) electrons. The number of nitrogens with zero attached hydrogens (tertiary/aromatic N) is 2. The lowest BCUT2D eigenvalue weighted by atomic mass is 9.93. The Kier molecular flexibility index (Phi) is 5.13. The SMILES string of the molecule is Cc1ccc(C(=O)N2CCCC(F)(C(=O)NCc3ccncc3)C2)s1. The molecule has 0 spiro atoms. The van der Waals surface area contributed by atoms with E-state index in [9.17, 15) is 9.59 Å². The number of hydrogen-bond acceptors (Lipinski definition) is 4. The molecule has 1 aliphatic heterocycles. The van der Waals surface area contributed by atoms with Crippen molar-refractivity contribution in [2.75, 3.05) is 13.1 Å². The summed E-state index contributed by atoms with van der Waals surface area (Å²) in [4.78, 5) is 31.9. The van der Waals surface area contributed by atoms with Crippen molar-refractivity contribution in [1.29, 1.82) is 0 Å². The van der Waals surface area contributed by atoms with Crippen LogP contribution in [0.5, 0.6) is 0 Å². The number of alkyl halides is 1. The van der Waals surface area contributed by atoms with Crippen LogP contribution in [0.25, 0.3) is 0 Å². The molecule has 1 N–H and O–H groups in total. The molecule has 1 fully saturated rings. The van der Waals surface area contributed by atoms with Crippen LogP contribution in [-0.2, 0) is 11.3 Å². The van der Waals surface area contributed by atoms with Gasteiger partial charge in [-0.05, 0) is 49.6 Å². The standard InChI is InChI=1S/C18H20FN3O2S/c1-13-3-4-15(25-13)16(23)22-10-2-7-18(19,12-22)17(24)21-11-14-5-8-20-9-6-14/h3-6,8-9H,2,7,10-12H2,1H3,(H,21,24). The van der Waals surface area contributed by atoms with Crippen molar-refractivity contribution in [1.82, 2.24) is 15.2 Å². The first kappa shape index (κ1) is 17.5. The topological polar surface area (TPSA) is 62.3 Å². The molecule has 25 heavy (non-hydrogen) atoms. The summed E-state index contributed by atoms with van der Waals surface area (Å²) in [6.07, 6.45) is 3.84. The maximum atomic E-state index is 15.2. The number of nitrogens with one attached hydrogen (secondary N) is 1. The van der Waals surface area contributed by atoms with E-state index in [0.717, 1.165) is 10.4 Å². The molecule has 0 saturated carbocycles. The lowest BCUT2D eigenvalue weighted by Crippen LogP contribution is -2.55. The molecule has 3 heterocycles. The Labute approximate surface area is 149 Å². The molecule has 2 aromatic heterocycles. The molecular weight excluding hydrogens is 341 g/mol. The number of aromatic nitrogens is 1.